The SMILES string of the molecule is [2H]C([2H])([2H])N(C(=O)OC(C)(C)C)N1CCN(Cc2ccc(-n3c(-c4cccnc4N)nc4ccc(-c5ccccc5)nc43)cc2)CC1. The van der Waals surface area contributed by atoms with Gasteiger partial charge < -0.3 is 10.5 Å². The van der Waals surface area contributed by atoms with E-state index in [4.69, 9.17) is 24.6 Å². The van der Waals surface area contributed by atoms with Gasteiger partial charge in [-0.15, -0.1) is 0 Å². The molecule has 0 bridgehead atoms. The molecule has 0 saturated carbocycles. The van der Waals surface area contributed by atoms with Crippen LogP contribution >= 0.6 is 0 Å². The number of ether oxygens (including phenoxy) is 1. The van der Waals surface area contributed by atoms with Gasteiger partial charge in [0.15, 0.2) is 11.5 Å². The third kappa shape index (κ3) is 6.27. The van der Waals surface area contributed by atoms with Gasteiger partial charge in [0.2, 0.25) is 0 Å². The first-order valence-electron chi connectivity index (χ1n) is 16.1. The fraction of sp³-hybridized carbons (Fsp3) is 0.294. The Hall–Kier alpha value is -4.80. The number of imidazole rings is 1. The van der Waals surface area contributed by atoms with Crippen LogP contribution in [0.15, 0.2) is 85.1 Å². The number of nitrogens with zero attached hydrogens (tertiary/aromatic N) is 7. The first kappa shape index (κ1) is 25.7. The summed E-state index contributed by atoms with van der Waals surface area (Å²) < 4.78 is 31.2. The predicted octanol–water partition coefficient (Wildman–Crippen LogP) is 5.63. The third-order valence-corrected chi connectivity index (χ3v) is 7.45. The standard InChI is InChI=1S/C34H38N8O2/c1-34(2,3)44-33(43)39(4)41-21-19-40(20-22-41)23-24-12-14-26(15-13-24)42-31(27-11-8-18-36-30(27)35)38-29-17-16-28(37-32(29)42)25-9-6-5-7-10-25/h5-18H,19-23H2,1-4H3,(H2,35,36)/i4D3. The molecule has 10 heteroatoms. The Morgan fingerprint density at radius 1 is 0.955 bits per heavy atom. The quantitative estimate of drug-likeness (QED) is 0.270. The third-order valence-electron chi connectivity index (χ3n) is 7.45. The molecular weight excluding hydrogens is 552 g/mol. The van der Waals surface area contributed by atoms with Gasteiger partial charge in [0.1, 0.15) is 16.9 Å². The zero-order chi connectivity index (χ0) is 33.3. The molecule has 6 rings (SSSR count). The number of carbonyl (C=O) groups is 1. The lowest BCUT2D eigenvalue weighted by Gasteiger charge is -2.39. The number of piperazine rings is 1. The summed E-state index contributed by atoms with van der Waals surface area (Å²) in [5, 5.41) is 2.34. The number of hydrogen-bond donors (Lipinski definition) is 1. The predicted molar refractivity (Wildman–Crippen MR) is 173 cm³/mol. The number of anilines is 1. The molecule has 10 nitrogen and oxygen atoms in total. The Bertz CT molecular complexity index is 1860. The Balaban J connectivity index is 1.24. The molecule has 1 aliphatic rings. The molecule has 0 spiro atoms. The monoisotopic (exact) mass is 593 g/mol. The van der Waals surface area contributed by atoms with Crippen molar-refractivity contribution in [3.8, 4) is 28.3 Å². The number of aromatic nitrogens is 4. The number of benzene rings is 2. The minimum Gasteiger partial charge on any atom is -0.443 e. The molecular formula is C34H38N8O2. The zero-order valence-corrected chi connectivity index (χ0v) is 25.1. The molecule has 44 heavy (non-hydrogen) atoms. The van der Waals surface area contributed by atoms with E-state index in [1.807, 2.05) is 71.3 Å². The van der Waals surface area contributed by atoms with Gasteiger partial charge in [-0.2, -0.15) is 0 Å². The molecule has 1 amide bonds. The molecule has 3 aromatic heterocycles. The van der Waals surface area contributed by atoms with E-state index in [0.717, 1.165) is 33.0 Å². The van der Waals surface area contributed by atoms with Gasteiger partial charge in [-0.3, -0.25) is 9.47 Å². The molecule has 1 fully saturated rings. The number of nitrogen functional groups attached to an aromatic ring is 1. The van der Waals surface area contributed by atoms with Crippen LogP contribution in [0.2, 0.25) is 0 Å². The lowest BCUT2D eigenvalue weighted by atomic mass is 10.1. The average molecular weight is 594 g/mol. The van der Waals surface area contributed by atoms with E-state index in [9.17, 15) is 4.79 Å². The summed E-state index contributed by atoms with van der Waals surface area (Å²) in [5.74, 6) is 1.03. The second-order valence-corrected chi connectivity index (χ2v) is 11.8. The molecule has 4 heterocycles. The zero-order valence-electron chi connectivity index (χ0n) is 28.1. The molecule has 1 aliphatic heterocycles. The second-order valence-electron chi connectivity index (χ2n) is 11.8. The summed E-state index contributed by atoms with van der Waals surface area (Å²) >= 11 is 0. The van der Waals surface area contributed by atoms with Gasteiger partial charge in [0.25, 0.3) is 0 Å². The van der Waals surface area contributed by atoms with E-state index >= 15 is 0 Å². The van der Waals surface area contributed by atoms with Gasteiger partial charge >= 0.3 is 6.09 Å². The Labute approximate surface area is 261 Å². The Morgan fingerprint density at radius 2 is 1.70 bits per heavy atom. The fourth-order valence-corrected chi connectivity index (χ4v) is 5.28. The number of pyridine rings is 2. The van der Waals surface area contributed by atoms with Crippen LogP contribution in [0.3, 0.4) is 0 Å². The maximum Gasteiger partial charge on any atom is 0.424 e. The maximum absolute atomic E-state index is 12.8. The highest BCUT2D eigenvalue weighted by Crippen LogP contribution is 2.32. The molecule has 226 valence electrons. The summed E-state index contributed by atoms with van der Waals surface area (Å²) in [5.41, 5.74) is 11.5. The molecule has 2 N–H and O–H groups in total. The number of amides is 1. The largest absolute Gasteiger partial charge is 0.443 e. The Morgan fingerprint density at radius 3 is 2.39 bits per heavy atom. The van der Waals surface area contributed by atoms with Crippen molar-refractivity contribution in [2.45, 2.75) is 32.9 Å². The first-order valence-corrected chi connectivity index (χ1v) is 14.6. The highest BCUT2D eigenvalue weighted by Gasteiger charge is 2.27. The van der Waals surface area contributed by atoms with Crippen LogP contribution in [0.25, 0.3) is 39.5 Å². The van der Waals surface area contributed by atoms with Crippen LogP contribution in [-0.2, 0) is 11.3 Å². The smallest absolute Gasteiger partial charge is 0.424 e. The number of hydrogen-bond acceptors (Lipinski definition) is 8. The van der Waals surface area contributed by atoms with Crippen molar-refractivity contribution in [3.05, 3.63) is 90.6 Å². The first-order chi connectivity index (χ1) is 22.4. The number of hydrazine groups is 1. The number of carbonyl (C=O) groups excluding carboxylic acids is 1. The van der Waals surface area contributed by atoms with Gasteiger partial charge in [-0.25, -0.2) is 29.8 Å². The summed E-state index contributed by atoms with van der Waals surface area (Å²) in [6, 6.07) is 25.9. The minimum atomic E-state index is -2.64. The maximum atomic E-state index is 12.8. The molecule has 0 atom stereocenters. The van der Waals surface area contributed by atoms with Crippen LogP contribution in [-0.4, -0.2) is 79.3 Å². The van der Waals surface area contributed by atoms with Gasteiger partial charge in [0, 0.05) is 61.3 Å². The fourth-order valence-electron chi connectivity index (χ4n) is 5.28. The number of nitrogens with two attached hydrogens (primary N) is 1. The highest BCUT2D eigenvalue weighted by atomic mass is 16.6. The van der Waals surface area contributed by atoms with Crippen LogP contribution in [0, 0.1) is 0 Å². The van der Waals surface area contributed by atoms with E-state index in [0.29, 0.717) is 55.6 Å². The van der Waals surface area contributed by atoms with Crippen molar-refractivity contribution in [1.82, 2.24) is 34.4 Å². The lowest BCUT2D eigenvalue weighted by Crippen LogP contribution is -2.54. The molecule has 0 aliphatic carbocycles. The molecule has 0 unspecified atom stereocenters. The summed E-state index contributed by atoms with van der Waals surface area (Å²) in [4.78, 5) is 29.3. The van der Waals surface area contributed by atoms with E-state index in [1.54, 1.807) is 32.0 Å². The van der Waals surface area contributed by atoms with Crippen molar-refractivity contribution >= 4 is 23.1 Å². The van der Waals surface area contributed by atoms with E-state index in [1.165, 1.54) is 0 Å². The summed E-state index contributed by atoms with van der Waals surface area (Å²) in [7, 11) is 0. The van der Waals surface area contributed by atoms with Crippen molar-refractivity contribution < 1.29 is 13.6 Å². The Kier molecular flexibility index (Phi) is 7.04. The molecule has 1 saturated heterocycles. The molecule has 0 radical (unpaired) electrons. The topological polar surface area (TPSA) is 106 Å². The summed E-state index contributed by atoms with van der Waals surface area (Å²) in [6.45, 7) is 5.09. The van der Waals surface area contributed by atoms with Crippen LogP contribution in [0.1, 0.15) is 30.4 Å². The van der Waals surface area contributed by atoms with E-state index in [2.05, 4.69) is 22.0 Å². The molecule has 2 aromatic carbocycles. The van der Waals surface area contributed by atoms with Gasteiger partial charge in [-0.05, 0) is 62.7 Å². The molecule has 5 aromatic rings. The minimum absolute atomic E-state index is 0.377. The average Bonchev–Trinajstić information content (AvgIpc) is 3.40. The van der Waals surface area contributed by atoms with Crippen molar-refractivity contribution in [3.63, 3.8) is 0 Å². The summed E-state index contributed by atoms with van der Waals surface area (Å²) in [6.07, 6.45) is 0.788. The lowest BCUT2D eigenvalue weighted by molar-refractivity contribution is -0.0568. The van der Waals surface area contributed by atoms with Crippen LogP contribution < -0.4 is 5.73 Å². The van der Waals surface area contributed by atoms with Gasteiger partial charge in [0.05, 0.1) is 11.3 Å². The van der Waals surface area contributed by atoms with E-state index in [-0.39, 0.29) is 0 Å². The second kappa shape index (κ2) is 12.1. The van der Waals surface area contributed by atoms with Crippen molar-refractivity contribution in [1.29, 1.82) is 0 Å². The number of rotatable bonds is 6. The van der Waals surface area contributed by atoms with Crippen molar-refractivity contribution in [2.24, 2.45) is 0 Å². The van der Waals surface area contributed by atoms with Crippen LogP contribution in [0.4, 0.5) is 10.6 Å². The van der Waals surface area contributed by atoms with Gasteiger partial charge in [-0.1, -0.05) is 42.5 Å². The normalized spacial score (nSPS) is 15.8. The number of fused-ring (bicyclic) bond motifs is 1. The van der Waals surface area contributed by atoms with E-state index < -0.39 is 18.7 Å². The van der Waals surface area contributed by atoms with Crippen LogP contribution in [0.5, 0.6) is 0 Å². The van der Waals surface area contributed by atoms with Crippen molar-refractivity contribution in [2.75, 3.05) is 38.9 Å². The highest BCUT2D eigenvalue weighted by molar-refractivity contribution is 5.84.